The van der Waals surface area contributed by atoms with Crippen LogP contribution in [0.2, 0.25) is 10.0 Å². The van der Waals surface area contributed by atoms with Crippen LogP contribution in [0.25, 0.3) is 0 Å². The number of hydrogen-bond donors (Lipinski definition) is 1. The molecule has 1 unspecified atom stereocenters. The summed E-state index contributed by atoms with van der Waals surface area (Å²) in [5, 5.41) is 3.61. The normalized spacial score (nSPS) is 12.0. The topological polar surface area (TPSA) is 86.8 Å². The molecular weight excluding hydrogens is 581 g/mol. The predicted molar refractivity (Wildman–Crippen MR) is 166 cm³/mol. The minimum absolute atomic E-state index is 0.0432. The molecule has 0 radical (unpaired) electrons. The lowest BCUT2D eigenvalue weighted by Gasteiger charge is -2.33. The maximum Gasteiger partial charge on any atom is 0.264 e. The number of carbonyl (C=O) groups excluding carboxylic acids is 2. The fourth-order valence-electron chi connectivity index (χ4n) is 4.58. The lowest BCUT2D eigenvalue weighted by atomic mass is 10.1. The quantitative estimate of drug-likeness (QED) is 0.221. The highest BCUT2D eigenvalue weighted by molar-refractivity contribution is 7.92. The van der Waals surface area contributed by atoms with Crippen molar-refractivity contribution < 1.29 is 18.0 Å². The number of anilines is 1. The molecule has 0 aromatic heterocycles. The highest BCUT2D eigenvalue weighted by atomic mass is 35.5. The van der Waals surface area contributed by atoms with Crippen molar-refractivity contribution >= 4 is 50.7 Å². The molecule has 0 fully saturated rings. The van der Waals surface area contributed by atoms with Crippen LogP contribution >= 0.6 is 23.2 Å². The van der Waals surface area contributed by atoms with Crippen molar-refractivity contribution in [3.63, 3.8) is 0 Å². The molecule has 41 heavy (non-hydrogen) atoms. The number of aryl methyl sites for hydroxylation is 2. The van der Waals surface area contributed by atoms with E-state index in [1.807, 2.05) is 39.8 Å². The summed E-state index contributed by atoms with van der Waals surface area (Å²) in [6.45, 7) is 7.60. The maximum atomic E-state index is 14.2. The summed E-state index contributed by atoms with van der Waals surface area (Å²) in [7, 11) is -4.13. The summed E-state index contributed by atoms with van der Waals surface area (Å²) in [6, 6.07) is 17.6. The second-order valence-electron chi connectivity index (χ2n) is 9.95. The lowest BCUT2D eigenvalue weighted by molar-refractivity contribution is -0.140. The van der Waals surface area contributed by atoms with Gasteiger partial charge in [-0.2, -0.15) is 0 Å². The Morgan fingerprint density at radius 2 is 1.63 bits per heavy atom. The number of rotatable bonds is 13. The van der Waals surface area contributed by atoms with E-state index in [4.69, 9.17) is 23.2 Å². The van der Waals surface area contributed by atoms with E-state index in [2.05, 4.69) is 5.32 Å². The lowest BCUT2D eigenvalue weighted by Crippen LogP contribution is -2.52. The van der Waals surface area contributed by atoms with E-state index in [1.165, 1.54) is 17.0 Å². The van der Waals surface area contributed by atoms with E-state index < -0.39 is 28.5 Å². The fraction of sp³-hybridized carbons (Fsp3) is 0.355. The van der Waals surface area contributed by atoms with Crippen LogP contribution in [0, 0.1) is 13.8 Å². The minimum atomic E-state index is -4.13. The van der Waals surface area contributed by atoms with Gasteiger partial charge >= 0.3 is 0 Å². The van der Waals surface area contributed by atoms with Crippen molar-refractivity contribution in [1.29, 1.82) is 0 Å². The molecule has 2 amide bonds. The van der Waals surface area contributed by atoms with Crippen LogP contribution in [0.3, 0.4) is 0 Å². The Labute approximate surface area is 253 Å². The van der Waals surface area contributed by atoms with Crippen molar-refractivity contribution in [2.45, 2.75) is 64.4 Å². The number of halogens is 2. The summed E-state index contributed by atoms with van der Waals surface area (Å²) in [6.07, 6.45) is 2.05. The number of amides is 2. The van der Waals surface area contributed by atoms with Gasteiger partial charge < -0.3 is 10.2 Å². The van der Waals surface area contributed by atoms with Crippen LogP contribution in [0.15, 0.2) is 71.6 Å². The molecule has 1 atom stereocenters. The molecule has 0 aliphatic heterocycles. The summed E-state index contributed by atoms with van der Waals surface area (Å²) in [5.41, 5.74) is 2.72. The van der Waals surface area contributed by atoms with Crippen molar-refractivity contribution in [3.8, 4) is 0 Å². The van der Waals surface area contributed by atoms with E-state index in [1.54, 1.807) is 42.5 Å². The highest BCUT2D eigenvalue weighted by Gasteiger charge is 2.34. The van der Waals surface area contributed by atoms with Crippen molar-refractivity contribution in [2.75, 3.05) is 17.4 Å². The van der Waals surface area contributed by atoms with Gasteiger partial charge in [0, 0.05) is 13.1 Å². The van der Waals surface area contributed by atoms with Crippen LogP contribution in [0.5, 0.6) is 0 Å². The van der Waals surface area contributed by atoms with Gasteiger partial charge in [0.2, 0.25) is 11.8 Å². The smallest absolute Gasteiger partial charge is 0.264 e. The third-order valence-electron chi connectivity index (χ3n) is 6.78. The van der Waals surface area contributed by atoms with Gasteiger partial charge in [-0.1, -0.05) is 85.4 Å². The zero-order valence-electron chi connectivity index (χ0n) is 23.9. The first-order valence-electron chi connectivity index (χ1n) is 13.7. The average Bonchev–Trinajstić information content (AvgIpc) is 2.94. The van der Waals surface area contributed by atoms with Crippen LogP contribution < -0.4 is 9.62 Å². The molecule has 3 aromatic carbocycles. The van der Waals surface area contributed by atoms with E-state index in [9.17, 15) is 18.0 Å². The highest BCUT2D eigenvalue weighted by Crippen LogP contribution is 2.29. The Bertz CT molecular complexity index is 1470. The van der Waals surface area contributed by atoms with Crippen molar-refractivity contribution in [2.24, 2.45) is 0 Å². The number of benzene rings is 3. The first kappa shape index (κ1) is 32.4. The van der Waals surface area contributed by atoms with Crippen LogP contribution in [0.4, 0.5) is 5.69 Å². The first-order valence-corrected chi connectivity index (χ1v) is 15.8. The molecule has 0 aliphatic carbocycles. The van der Waals surface area contributed by atoms with E-state index in [0.717, 1.165) is 22.7 Å². The van der Waals surface area contributed by atoms with Gasteiger partial charge in [-0.25, -0.2) is 8.42 Å². The minimum Gasteiger partial charge on any atom is -0.354 e. The third-order valence-corrected chi connectivity index (χ3v) is 9.30. The number of hydrogen-bond acceptors (Lipinski definition) is 4. The maximum absolute atomic E-state index is 14.2. The molecule has 10 heteroatoms. The van der Waals surface area contributed by atoms with Gasteiger partial charge in [-0.05, 0) is 68.1 Å². The van der Waals surface area contributed by atoms with Crippen molar-refractivity contribution in [3.05, 3.63) is 93.5 Å². The Balaban J connectivity index is 2.07. The van der Waals surface area contributed by atoms with Crippen molar-refractivity contribution in [1.82, 2.24) is 10.2 Å². The Kier molecular flexibility index (Phi) is 11.6. The number of nitrogens with one attached hydrogen (secondary N) is 1. The molecule has 7 nitrogen and oxygen atoms in total. The van der Waals surface area contributed by atoms with Gasteiger partial charge in [-0.3, -0.25) is 13.9 Å². The van der Waals surface area contributed by atoms with Crippen LogP contribution in [-0.4, -0.2) is 44.3 Å². The molecule has 0 saturated carbocycles. The molecule has 1 N–H and O–H groups in total. The number of unbranched alkanes of at least 4 members (excludes halogenated alkanes) is 1. The SMILES string of the molecule is CCCCNC(=O)C(CC)N(Cc1ccc(Cl)c(Cl)c1)C(=O)CN(c1ccc(C)cc1C)S(=O)(=O)c1ccccc1. The Morgan fingerprint density at radius 3 is 2.24 bits per heavy atom. The number of sulfonamides is 1. The van der Waals surface area contributed by atoms with Gasteiger partial charge in [0.15, 0.2) is 0 Å². The summed E-state index contributed by atoms with van der Waals surface area (Å²) in [4.78, 5) is 28.9. The molecular formula is C31H37Cl2N3O4S. The zero-order valence-corrected chi connectivity index (χ0v) is 26.2. The van der Waals surface area contributed by atoms with Gasteiger partial charge in [0.1, 0.15) is 12.6 Å². The zero-order chi connectivity index (χ0) is 30.2. The molecule has 0 saturated heterocycles. The third kappa shape index (κ3) is 8.24. The summed E-state index contributed by atoms with van der Waals surface area (Å²) < 4.78 is 29.0. The Morgan fingerprint density at radius 1 is 0.927 bits per heavy atom. The molecule has 3 rings (SSSR count). The van der Waals surface area contributed by atoms with E-state index >= 15 is 0 Å². The monoisotopic (exact) mass is 617 g/mol. The largest absolute Gasteiger partial charge is 0.354 e. The van der Waals surface area contributed by atoms with Crippen LogP contribution in [-0.2, 0) is 26.2 Å². The van der Waals surface area contributed by atoms with Gasteiger partial charge in [0.25, 0.3) is 10.0 Å². The molecule has 0 bridgehead atoms. The molecule has 0 spiro atoms. The van der Waals surface area contributed by atoms with E-state index in [0.29, 0.717) is 39.8 Å². The van der Waals surface area contributed by atoms with Crippen LogP contribution in [0.1, 0.15) is 49.8 Å². The van der Waals surface area contributed by atoms with Gasteiger partial charge in [0.05, 0.1) is 20.6 Å². The Hall–Kier alpha value is -3.07. The molecule has 0 heterocycles. The number of nitrogens with zero attached hydrogens (tertiary/aromatic N) is 2. The van der Waals surface area contributed by atoms with E-state index in [-0.39, 0.29) is 17.3 Å². The predicted octanol–water partition coefficient (Wildman–Crippen LogP) is 6.53. The second kappa shape index (κ2) is 14.7. The van der Waals surface area contributed by atoms with Gasteiger partial charge in [-0.15, -0.1) is 0 Å². The second-order valence-corrected chi connectivity index (χ2v) is 12.6. The molecule has 3 aromatic rings. The molecule has 0 aliphatic rings. The fourth-order valence-corrected chi connectivity index (χ4v) is 6.40. The number of carbonyl (C=O) groups is 2. The summed E-state index contributed by atoms with van der Waals surface area (Å²) >= 11 is 12.4. The first-order chi connectivity index (χ1) is 19.5. The average molecular weight is 619 g/mol. The standard InChI is InChI=1S/C31H37Cl2N3O4S/c1-5-7-17-34-31(38)28(6-2)35(20-24-14-15-26(32)27(33)19-24)30(37)21-36(29-16-13-22(3)18-23(29)4)41(39,40)25-11-9-8-10-12-25/h8-16,18-19,28H,5-7,17,20-21H2,1-4H3,(H,34,38). The summed E-state index contributed by atoms with van der Waals surface area (Å²) in [5.74, 6) is -0.814. The molecule has 220 valence electrons.